The Bertz CT molecular complexity index is 1090. The van der Waals surface area contributed by atoms with E-state index in [4.69, 9.17) is 0 Å². The van der Waals surface area contributed by atoms with E-state index in [-0.39, 0.29) is 11.8 Å². The van der Waals surface area contributed by atoms with Crippen LogP contribution >= 0.6 is 0 Å². The Morgan fingerprint density at radius 1 is 0.971 bits per heavy atom. The number of amides is 2. The van der Waals surface area contributed by atoms with Crippen LogP contribution in [0.1, 0.15) is 84.4 Å². The van der Waals surface area contributed by atoms with Crippen molar-refractivity contribution in [2.75, 3.05) is 31.5 Å². The molecule has 0 atom stereocenters. The fraction of sp³-hybridized carbons (Fsp3) is 0.500. The number of aromatic amines is 1. The van der Waals surface area contributed by atoms with E-state index in [1.807, 2.05) is 50.8 Å². The first-order chi connectivity index (χ1) is 16.6. The Morgan fingerprint density at radius 3 is 2.32 bits per heavy atom. The number of nitrogens with zero attached hydrogens (tertiary/aromatic N) is 1. The SMILES string of the molecule is C1CCNC1.CC.Cc1cccc2c1NC(=O)/C2=C1/CCc2c1[nH]c(C)c2C(=O)N1CCCC1. The molecule has 2 fully saturated rings. The Balaban J connectivity index is 0.000000343. The third-order valence-corrected chi connectivity index (χ3v) is 7.09. The molecule has 0 bridgehead atoms. The average molecular weight is 463 g/mol. The zero-order valence-corrected chi connectivity index (χ0v) is 21.1. The number of hydrogen-bond acceptors (Lipinski definition) is 3. The second-order valence-electron chi connectivity index (χ2n) is 9.24. The van der Waals surface area contributed by atoms with Crippen molar-refractivity contribution in [3.8, 4) is 0 Å². The van der Waals surface area contributed by atoms with E-state index in [1.165, 1.54) is 25.9 Å². The van der Waals surface area contributed by atoms with Crippen LogP contribution in [-0.2, 0) is 11.2 Å². The van der Waals surface area contributed by atoms with Crippen LogP contribution in [0.25, 0.3) is 11.1 Å². The van der Waals surface area contributed by atoms with E-state index in [2.05, 4.69) is 15.6 Å². The van der Waals surface area contributed by atoms with Gasteiger partial charge in [0.05, 0.1) is 16.8 Å². The normalized spacial score (nSPS) is 20.2. The van der Waals surface area contributed by atoms with E-state index < -0.39 is 0 Å². The fourth-order valence-electron chi connectivity index (χ4n) is 5.44. The van der Waals surface area contributed by atoms with Gasteiger partial charge in [-0.1, -0.05) is 32.0 Å². The third kappa shape index (κ3) is 4.43. The number of para-hydroxylation sites is 1. The molecule has 1 aliphatic carbocycles. The molecule has 1 aromatic carbocycles. The summed E-state index contributed by atoms with van der Waals surface area (Å²) in [5.74, 6) is 0.0997. The molecule has 0 unspecified atom stereocenters. The summed E-state index contributed by atoms with van der Waals surface area (Å²) < 4.78 is 0. The Labute approximate surface area is 203 Å². The second-order valence-corrected chi connectivity index (χ2v) is 9.24. The third-order valence-electron chi connectivity index (χ3n) is 7.09. The number of aromatic nitrogens is 1. The number of hydrogen-bond donors (Lipinski definition) is 3. The highest BCUT2D eigenvalue weighted by atomic mass is 16.2. The number of H-pyrrole nitrogens is 1. The summed E-state index contributed by atoms with van der Waals surface area (Å²) in [6.07, 6.45) is 6.55. The molecular formula is C28H38N4O2. The zero-order chi connectivity index (χ0) is 24.2. The molecule has 6 rings (SSSR count). The zero-order valence-electron chi connectivity index (χ0n) is 21.1. The molecule has 0 saturated carbocycles. The summed E-state index contributed by atoms with van der Waals surface area (Å²) in [5, 5.41) is 6.25. The minimum absolute atomic E-state index is 0.0400. The van der Waals surface area contributed by atoms with Crippen LogP contribution in [0, 0.1) is 13.8 Å². The number of likely N-dealkylation sites (tertiary alicyclic amines) is 1. The van der Waals surface area contributed by atoms with Gasteiger partial charge in [-0.05, 0) is 82.2 Å². The Hall–Kier alpha value is -2.86. The van der Waals surface area contributed by atoms with Crippen molar-refractivity contribution in [1.82, 2.24) is 15.2 Å². The van der Waals surface area contributed by atoms with Gasteiger partial charge < -0.3 is 20.5 Å². The van der Waals surface area contributed by atoms with E-state index >= 15 is 0 Å². The van der Waals surface area contributed by atoms with E-state index in [9.17, 15) is 9.59 Å². The van der Waals surface area contributed by atoms with Crippen LogP contribution in [0.15, 0.2) is 18.2 Å². The molecule has 3 N–H and O–H groups in total. The summed E-state index contributed by atoms with van der Waals surface area (Å²) in [5.41, 5.74) is 8.56. The molecule has 0 radical (unpaired) electrons. The molecule has 4 aliphatic rings. The van der Waals surface area contributed by atoms with Gasteiger partial charge in [0.15, 0.2) is 0 Å². The lowest BCUT2D eigenvalue weighted by Crippen LogP contribution is -2.28. The smallest absolute Gasteiger partial charge is 0.256 e. The molecule has 1 aromatic heterocycles. The van der Waals surface area contributed by atoms with Crippen LogP contribution in [0.5, 0.6) is 0 Å². The van der Waals surface area contributed by atoms with Gasteiger partial charge in [0.25, 0.3) is 11.8 Å². The number of fused-ring (bicyclic) bond motifs is 2. The first-order valence-corrected chi connectivity index (χ1v) is 12.9. The van der Waals surface area contributed by atoms with Gasteiger partial charge in [0.1, 0.15) is 0 Å². The topological polar surface area (TPSA) is 77.2 Å². The Kier molecular flexibility index (Phi) is 7.57. The molecule has 4 heterocycles. The van der Waals surface area contributed by atoms with Crippen molar-refractivity contribution in [2.45, 2.75) is 66.2 Å². The van der Waals surface area contributed by atoms with Crippen LogP contribution in [0.4, 0.5) is 5.69 Å². The number of carbonyl (C=O) groups excluding carboxylic acids is 2. The number of rotatable bonds is 1. The van der Waals surface area contributed by atoms with Crippen molar-refractivity contribution >= 4 is 28.6 Å². The van der Waals surface area contributed by atoms with Crippen LogP contribution in [0.3, 0.4) is 0 Å². The lowest BCUT2D eigenvalue weighted by Gasteiger charge is -2.15. The number of anilines is 1. The number of nitrogens with one attached hydrogen (secondary N) is 3. The molecule has 182 valence electrons. The van der Waals surface area contributed by atoms with Crippen LogP contribution in [0.2, 0.25) is 0 Å². The van der Waals surface area contributed by atoms with E-state index in [0.717, 1.165) is 89.2 Å². The van der Waals surface area contributed by atoms with Crippen molar-refractivity contribution in [3.05, 3.63) is 51.8 Å². The average Bonchev–Trinajstić information content (AvgIpc) is 3.65. The van der Waals surface area contributed by atoms with Crippen molar-refractivity contribution in [1.29, 1.82) is 0 Å². The van der Waals surface area contributed by atoms with Gasteiger partial charge in [-0.3, -0.25) is 9.59 Å². The van der Waals surface area contributed by atoms with Crippen molar-refractivity contribution in [2.24, 2.45) is 0 Å². The van der Waals surface area contributed by atoms with Gasteiger partial charge in [-0.15, -0.1) is 0 Å². The summed E-state index contributed by atoms with van der Waals surface area (Å²) in [4.78, 5) is 31.2. The van der Waals surface area contributed by atoms with Crippen LogP contribution < -0.4 is 10.6 Å². The fourth-order valence-corrected chi connectivity index (χ4v) is 5.44. The summed E-state index contributed by atoms with van der Waals surface area (Å²) in [6, 6.07) is 6.01. The lowest BCUT2D eigenvalue weighted by molar-refractivity contribution is -0.110. The van der Waals surface area contributed by atoms with E-state index in [1.54, 1.807) is 0 Å². The summed E-state index contributed by atoms with van der Waals surface area (Å²) in [7, 11) is 0. The lowest BCUT2D eigenvalue weighted by atomic mass is 9.98. The first kappa shape index (κ1) is 24.3. The van der Waals surface area contributed by atoms with Crippen molar-refractivity contribution in [3.63, 3.8) is 0 Å². The highest BCUT2D eigenvalue weighted by Gasteiger charge is 2.35. The quantitative estimate of drug-likeness (QED) is 0.518. The highest BCUT2D eigenvalue weighted by Crippen LogP contribution is 2.45. The minimum atomic E-state index is -0.0400. The largest absolute Gasteiger partial charge is 0.358 e. The molecule has 6 heteroatoms. The van der Waals surface area contributed by atoms with Crippen molar-refractivity contribution < 1.29 is 9.59 Å². The first-order valence-electron chi connectivity index (χ1n) is 12.9. The van der Waals surface area contributed by atoms with E-state index in [0.29, 0.717) is 0 Å². The molecule has 3 aliphatic heterocycles. The maximum atomic E-state index is 13.0. The number of allylic oxidation sites excluding steroid dienone is 1. The number of benzene rings is 1. The molecule has 2 aromatic rings. The van der Waals surface area contributed by atoms with Gasteiger partial charge in [-0.25, -0.2) is 0 Å². The molecule has 2 amide bonds. The second kappa shape index (κ2) is 10.6. The standard InChI is InChI=1S/C22H23N3O2.C4H9N.C2H6/c1-12-6-5-7-14-18(21(26)24-19(12)14)16-9-8-15-17(13(2)23-20(15)16)22(27)25-10-3-4-11-25;1-2-4-5-3-1;1-2/h5-7,23H,3-4,8-11H2,1-2H3,(H,24,26);5H,1-4H2;1-2H3/b18-16-;;. The van der Waals surface area contributed by atoms with Crippen LogP contribution in [-0.4, -0.2) is 47.9 Å². The molecule has 34 heavy (non-hydrogen) atoms. The molecule has 0 spiro atoms. The predicted molar refractivity (Wildman–Crippen MR) is 139 cm³/mol. The van der Waals surface area contributed by atoms with Gasteiger partial charge >= 0.3 is 0 Å². The number of aryl methyl sites for hydroxylation is 2. The minimum Gasteiger partial charge on any atom is -0.358 e. The molecular weight excluding hydrogens is 424 g/mol. The number of carbonyl (C=O) groups is 2. The maximum absolute atomic E-state index is 13.0. The van der Waals surface area contributed by atoms with Gasteiger partial charge in [0.2, 0.25) is 0 Å². The molecule has 6 nitrogen and oxygen atoms in total. The Morgan fingerprint density at radius 2 is 1.68 bits per heavy atom. The predicted octanol–water partition coefficient (Wildman–Crippen LogP) is 5.07. The van der Waals surface area contributed by atoms with Gasteiger partial charge in [-0.2, -0.15) is 0 Å². The summed E-state index contributed by atoms with van der Waals surface area (Å²) >= 11 is 0. The monoisotopic (exact) mass is 462 g/mol. The highest BCUT2D eigenvalue weighted by molar-refractivity contribution is 6.37. The van der Waals surface area contributed by atoms with Gasteiger partial charge in [0, 0.05) is 30.0 Å². The summed E-state index contributed by atoms with van der Waals surface area (Å²) in [6.45, 7) is 12.2. The molecule has 2 saturated heterocycles. The maximum Gasteiger partial charge on any atom is 0.256 e.